The van der Waals surface area contributed by atoms with Crippen LogP contribution in [0, 0.1) is 0 Å². The predicted octanol–water partition coefficient (Wildman–Crippen LogP) is -0.928. The Morgan fingerprint density at radius 1 is 1.19 bits per heavy atom. The Labute approximate surface area is 214 Å². The minimum atomic E-state index is -3.85. The molecule has 37 heavy (non-hydrogen) atoms. The maximum absolute atomic E-state index is 13.5. The van der Waals surface area contributed by atoms with Crippen LogP contribution < -0.4 is 9.62 Å². The van der Waals surface area contributed by atoms with Crippen LogP contribution >= 0.6 is 0 Å². The van der Waals surface area contributed by atoms with Crippen LogP contribution in [0.5, 0.6) is 0 Å². The Balaban J connectivity index is 1.29. The summed E-state index contributed by atoms with van der Waals surface area (Å²) in [5, 5.41) is 20.0. The third-order valence-corrected chi connectivity index (χ3v) is 9.95. The Kier molecular flexibility index (Phi) is 5.34. The zero-order valence-electron chi connectivity index (χ0n) is 20.6. The van der Waals surface area contributed by atoms with Crippen molar-refractivity contribution < 1.29 is 27.8 Å². The molecule has 6 heterocycles. The third kappa shape index (κ3) is 4.01. The van der Waals surface area contributed by atoms with E-state index in [1.807, 2.05) is 21.6 Å². The molecule has 1 saturated carbocycles. The van der Waals surface area contributed by atoms with Gasteiger partial charge in [-0.3, -0.25) is 14.1 Å². The quantitative estimate of drug-likeness (QED) is 0.478. The van der Waals surface area contributed by atoms with Crippen molar-refractivity contribution in [3.8, 4) is 0 Å². The van der Waals surface area contributed by atoms with E-state index >= 15 is 0 Å². The van der Waals surface area contributed by atoms with Crippen LogP contribution in [0.4, 0.5) is 5.69 Å². The number of fused-ring (bicyclic) bond motifs is 4. The number of nitrogens with one attached hydrogen (secondary N) is 1. The van der Waals surface area contributed by atoms with Crippen molar-refractivity contribution in [3.63, 3.8) is 0 Å². The molecule has 2 N–H and O–H groups in total. The molecule has 1 amide bonds. The highest BCUT2D eigenvalue weighted by molar-refractivity contribution is 7.89. The fraction of sp³-hybridized carbons (Fsp3) is 0.696. The number of likely N-dealkylation sites (tertiary alicyclic amines) is 1. The van der Waals surface area contributed by atoms with Gasteiger partial charge in [0.15, 0.2) is 17.7 Å². The number of aliphatic hydroxyl groups excluding tert-OH is 1. The Morgan fingerprint density at radius 3 is 2.76 bits per heavy atom. The maximum atomic E-state index is 13.5. The SMILES string of the molecule is CC1(NS(=O)(=O)c2cc(N3CCN4C(=O)COC[C@H]4C3)c3nnc(C(O)N4CC5CC4CO5)n3c2)CC1. The molecule has 4 saturated heterocycles. The highest BCUT2D eigenvalue weighted by Gasteiger charge is 2.44. The van der Waals surface area contributed by atoms with Crippen LogP contribution in [-0.2, 0) is 24.3 Å². The summed E-state index contributed by atoms with van der Waals surface area (Å²) >= 11 is 0. The second-order valence-corrected chi connectivity index (χ2v) is 12.8. The number of amides is 1. The molecular formula is C23H31N7O6S. The number of nitrogens with zero attached hydrogens (tertiary/aromatic N) is 6. The van der Waals surface area contributed by atoms with Crippen LogP contribution in [0.2, 0.25) is 0 Å². The fourth-order valence-corrected chi connectivity index (χ4v) is 7.47. The zero-order valence-corrected chi connectivity index (χ0v) is 21.4. The van der Waals surface area contributed by atoms with Gasteiger partial charge in [0.2, 0.25) is 15.9 Å². The first kappa shape index (κ1) is 23.7. The van der Waals surface area contributed by atoms with Gasteiger partial charge in [0.05, 0.1) is 31.0 Å². The van der Waals surface area contributed by atoms with Crippen LogP contribution in [0.3, 0.4) is 0 Å². The number of aromatic nitrogens is 3. The van der Waals surface area contributed by atoms with E-state index in [2.05, 4.69) is 14.9 Å². The predicted molar refractivity (Wildman–Crippen MR) is 129 cm³/mol. The molecule has 14 heteroatoms. The fourth-order valence-electron chi connectivity index (χ4n) is 5.99. The summed E-state index contributed by atoms with van der Waals surface area (Å²) in [7, 11) is -3.85. The van der Waals surface area contributed by atoms with Gasteiger partial charge >= 0.3 is 0 Å². The van der Waals surface area contributed by atoms with Crippen LogP contribution in [0.25, 0.3) is 5.65 Å². The molecule has 1 aliphatic carbocycles. The smallest absolute Gasteiger partial charge is 0.249 e. The van der Waals surface area contributed by atoms with Gasteiger partial charge in [-0.05, 0) is 32.3 Å². The second kappa shape index (κ2) is 8.32. The summed E-state index contributed by atoms with van der Waals surface area (Å²) in [6.07, 6.45) is 2.97. The normalized spacial score (nSPS) is 30.2. The van der Waals surface area contributed by atoms with E-state index in [0.717, 1.165) is 19.3 Å². The number of carbonyl (C=O) groups excluding carboxylic acids is 1. The molecule has 0 spiro atoms. The number of pyridine rings is 1. The van der Waals surface area contributed by atoms with Crippen LogP contribution in [-0.4, -0.2) is 114 Å². The number of rotatable bonds is 6. The van der Waals surface area contributed by atoms with E-state index in [-0.39, 0.29) is 41.4 Å². The molecule has 4 aliphatic heterocycles. The number of aliphatic hydroxyl groups is 1. The topological polar surface area (TPSA) is 142 Å². The van der Waals surface area contributed by atoms with E-state index in [0.29, 0.717) is 50.7 Å². The molecule has 2 aromatic rings. The lowest BCUT2D eigenvalue weighted by atomic mass is 10.1. The van der Waals surface area contributed by atoms with Gasteiger partial charge in [-0.2, -0.15) is 0 Å². The Hall–Kier alpha value is -2.36. The van der Waals surface area contributed by atoms with Crippen molar-refractivity contribution in [2.45, 2.75) is 61.0 Å². The standard InChI is InChI=1S/C23H31N7O6S/c1-23(2-3-23)26-37(33,34)17-7-18(27-4-5-28-15(8-27)11-35-13-19(28)31)20-24-25-21(30(20)10-17)22(32)29-9-16-6-14(29)12-36-16/h7,10,14-16,22,26,32H,2-6,8-9,11-13H2,1H3/t14?,15-,16?,22?/m1/s1. The van der Waals surface area contributed by atoms with Gasteiger partial charge < -0.3 is 24.4 Å². The summed E-state index contributed by atoms with van der Waals surface area (Å²) in [5.41, 5.74) is 0.616. The Morgan fingerprint density at radius 2 is 2.03 bits per heavy atom. The lowest BCUT2D eigenvalue weighted by molar-refractivity contribution is -0.148. The molecule has 13 nitrogen and oxygen atoms in total. The summed E-state index contributed by atoms with van der Waals surface area (Å²) in [6.45, 7) is 5.05. The number of ether oxygens (including phenoxy) is 2. The first-order valence-corrected chi connectivity index (χ1v) is 14.3. The molecule has 5 fully saturated rings. The summed E-state index contributed by atoms with van der Waals surface area (Å²) in [6, 6.07) is 1.58. The van der Waals surface area contributed by atoms with E-state index < -0.39 is 21.8 Å². The number of hydrogen-bond donors (Lipinski definition) is 2. The van der Waals surface area contributed by atoms with Gasteiger partial charge in [-0.15, -0.1) is 10.2 Å². The molecule has 3 unspecified atom stereocenters. The number of sulfonamides is 1. The molecule has 0 radical (unpaired) electrons. The number of anilines is 1. The van der Waals surface area contributed by atoms with Crippen molar-refractivity contribution in [2.75, 3.05) is 50.9 Å². The second-order valence-electron chi connectivity index (χ2n) is 11.1. The minimum Gasteiger partial charge on any atom is -0.375 e. The minimum absolute atomic E-state index is 0.0315. The summed E-state index contributed by atoms with van der Waals surface area (Å²) < 4.78 is 42.5. The number of hydrogen-bond acceptors (Lipinski definition) is 10. The first-order chi connectivity index (χ1) is 17.7. The van der Waals surface area contributed by atoms with Gasteiger partial charge in [0.25, 0.3) is 0 Å². The van der Waals surface area contributed by atoms with Gasteiger partial charge in [0.1, 0.15) is 11.5 Å². The number of piperazine rings is 1. The first-order valence-electron chi connectivity index (χ1n) is 12.8. The van der Waals surface area contributed by atoms with E-state index in [9.17, 15) is 18.3 Å². The molecule has 7 rings (SSSR count). The molecule has 2 aromatic heterocycles. The molecule has 5 aliphatic rings. The number of morpholine rings is 2. The molecular weight excluding hydrogens is 502 g/mol. The molecule has 200 valence electrons. The van der Waals surface area contributed by atoms with Crippen molar-refractivity contribution >= 4 is 27.3 Å². The zero-order chi connectivity index (χ0) is 25.5. The van der Waals surface area contributed by atoms with Gasteiger partial charge in [0, 0.05) is 44.0 Å². The van der Waals surface area contributed by atoms with E-state index in [4.69, 9.17) is 9.47 Å². The van der Waals surface area contributed by atoms with Crippen molar-refractivity contribution in [1.82, 2.24) is 29.1 Å². The summed E-state index contributed by atoms with van der Waals surface area (Å²) in [4.78, 5) is 18.2. The largest absolute Gasteiger partial charge is 0.375 e. The van der Waals surface area contributed by atoms with Gasteiger partial charge in [-0.25, -0.2) is 13.1 Å². The highest BCUT2D eigenvalue weighted by atomic mass is 32.2. The average Bonchev–Trinajstić information content (AvgIpc) is 3.28. The van der Waals surface area contributed by atoms with Gasteiger partial charge in [-0.1, -0.05) is 0 Å². The lowest BCUT2D eigenvalue weighted by Crippen LogP contribution is -2.60. The third-order valence-electron chi connectivity index (χ3n) is 8.35. The lowest BCUT2D eigenvalue weighted by Gasteiger charge is -2.44. The monoisotopic (exact) mass is 533 g/mol. The Bertz CT molecular complexity index is 1360. The number of carbonyl (C=O) groups is 1. The van der Waals surface area contributed by atoms with Crippen LogP contribution in [0.1, 0.15) is 38.2 Å². The van der Waals surface area contributed by atoms with E-state index in [1.165, 1.54) is 6.20 Å². The van der Waals surface area contributed by atoms with Crippen LogP contribution in [0.15, 0.2) is 17.2 Å². The average molecular weight is 534 g/mol. The van der Waals surface area contributed by atoms with Crippen molar-refractivity contribution in [1.29, 1.82) is 0 Å². The highest BCUT2D eigenvalue weighted by Crippen LogP contribution is 2.38. The molecule has 4 atom stereocenters. The van der Waals surface area contributed by atoms with Crippen molar-refractivity contribution in [2.24, 2.45) is 0 Å². The van der Waals surface area contributed by atoms with Crippen molar-refractivity contribution in [3.05, 3.63) is 18.1 Å². The summed E-state index contributed by atoms with van der Waals surface area (Å²) in [5.74, 6) is 0.240. The van der Waals surface area contributed by atoms with E-state index in [1.54, 1.807) is 10.5 Å². The molecule has 0 aromatic carbocycles. The maximum Gasteiger partial charge on any atom is 0.249 e. The molecule has 2 bridgehead atoms.